The smallest absolute Gasteiger partial charge is 0.123 e. The maximum absolute atomic E-state index is 13.3. The molecule has 1 aliphatic rings. The number of halogens is 1. The molecule has 0 aliphatic carbocycles. The summed E-state index contributed by atoms with van der Waals surface area (Å²) >= 11 is 4.99. The third-order valence-electron chi connectivity index (χ3n) is 3.71. The van der Waals surface area contributed by atoms with Gasteiger partial charge in [0.25, 0.3) is 0 Å². The van der Waals surface area contributed by atoms with Crippen LogP contribution in [0.4, 0.5) is 4.39 Å². The molecule has 3 N–H and O–H groups in total. The molecule has 0 unspecified atom stereocenters. The van der Waals surface area contributed by atoms with Crippen molar-refractivity contribution < 1.29 is 14.2 Å². The zero-order chi connectivity index (χ0) is 15.2. The van der Waals surface area contributed by atoms with Crippen molar-refractivity contribution in [1.29, 1.82) is 0 Å². The van der Waals surface area contributed by atoms with E-state index < -0.39 is 0 Å². The first kappa shape index (κ1) is 16.3. The first-order valence-corrected chi connectivity index (χ1v) is 7.54. The van der Waals surface area contributed by atoms with Crippen LogP contribution in [0, 0.1) is 5.82 Å². The molecule has 0 aromatic heterocycles. The Kier molecular flexibility index (Phi) is 6.05. The highest BCUT2D eigenvalue weighted by atomic mass is 32.1. The van der Waals surface area contributed by atoms with E-state index >= 15 is 0 Å². The second kappa shape index (κ2) is 7.79. The summed E-state index contributed by atoms with van der Waals surface area (Å²) in [6.07, 6.45) is 2.09. The minimum atomic E-state index is -0.322. The number of piperidine rings is 1. The number of ether oxygens (including phenoxy) is 1. The van der Waals surface area contributed by atoms with E-state index in [9.17, 15) is 4.39 Å². The zero-order valence-electron chi connectivity index (χ0n) is 11.9. The van der Waals surface area contributed by atoms with Crippen molar-refractivity contribution in [2.24, 2.45) is 5.73 Å². The molecule has 2 rings (SSSR count). The van der Waals surface area contributed by atoms with Gasteiger partial charge in [0.2, 0.25) is 0 Å². The Morgan fingerprint density at radius 1 is 1.43 bits per heavy atom. The second-order valence-corrected chi connectivity index (χ2v) is 5.68. The third-order valence-corrected chi connectivity index (χ3v) is 3.93. The van der Waals surface area contributed by atoms with E-state index in [1.807, 2.05) is 0 Å². The van der Waals surface area contributed by atoms with Gasteiger partial charge in [-0.3, -0.25) is 4.90 Å². The zero-order valence-corrected chi connectivity index (χ0v) is 12.7. The van der Waals surface area contributed by atoms with Crippen molar-refractivity contribution in [3.8, 4) is 0 Å². The molecule has 1 aliphatic heterocycles. The van der Waals surface area contributed by atoms with Crippen molar-refractivity contribution in [3.05, 3.63) is 35.1 Å². The van der Waals surface area contributed by atoms with Crippen LogP contribution in [0.3, 0.4) is 0 Å². The third kappa shape index (κ3) is 4.71. The maximum atomic E-state index is 13.3. The van der Waals surface area contributed by atoms with E-state index in [0.29, 0.717) is 18.7 Å². The van der Waals surface area contributed by atoms with Crippen LogP contribution < -0.4 is 5.73 Å². The van der Waals surface area contributed by atoms with Crippen molar-refractivity contribution >= 4 is 17.2 Å². The molecule has 0 saturated carbocycles. The summed E-state index contributed by atoms with van der Waals surface area (Å²) in [4.78, 5) is 2.51. The molecule has 1 aromatic rings. The predicted octanol–water partition coefficient (Wildman–Crippen LogP) is 1.43. The van der Waals surface area contributed by atoms with Gasteiger partial charge in [-0.05, 0) is 30.5 Å². The Balaban J connectivity index is 1.93. The molecule has 0 radical (unpaired) electrons. The van der Waals surface area contributed by atoms with Gasteiger partial charge in [0.15, 0.2) is 0 Å². The topological polar surface area (TPSA) is 58.7 Å². The van der Waals surface area contributed by atoms with Gasteiger partial charge in [-0.1, -0.05) is 18.3 Å². The molecular weight excluding hydrogens is 291 g/mol. The predicted molar refractivity (Wildman–Crippen MR) is 83.6 cm³/mol. The number of likely N-dealkylation sites (tertiary alicyclic amines) is 1. The molecule has 21 heavy (non-hydrogen) atoms. The van der Waals surface area contributed by atoms with Gasteiger partial charge < -0.3 is 15.6 Å². The first-order chi connectivity index (χ1) is 10.1. The highest BCUT2D eigenvalue weighted by Crippen LogP contribution is 2.19. The van der Waals surface area contributed by atoms with E-state index in [0.717, 1.165) is 31.5 Å². The molecule has 0 bridgehead atoms. The normalized spacial score (nSPS) is 17.0. The Bertz CT molecular complexity index is 491. The van der Waals surface area contributed by atoms with Gasteiger partial charge in [-0.15, -0.1) is 0 Å². The lowest BCUT2D eigenvalue weighted by molar-refractivity contribution is -0.00902. The van der Waals surface area contributed by atoms with Crippen LogP contribution >= 0.6 is 12.2 Å². The lowest BCUT2D eigenvalue weighted by Crippen LogP contribution is -2.37. The number of nitrogens with zero attached hydrogens (tertiary/aromatic N) is 1. The van der Waals surface area contributed by atoms with Gasteiger partial charge in [-0.2, -0.15) is 0 Å². The number of rotatable bonds is 6. The van der Waals surface area contributed by atoms with Crippen LogP contribution in [-0.2, 0) is 11.3 Å². The molecule has 0 atom stereocenters. The summed E-state index contributed by atoms with van der Waals surface area (Å²) in [6.45, 7) is 2.98. The fourth-order valence-corrected chi connectivity index (χ4v) is 2.80. The fraction of sp³-hybridized carbons (Fsp3) is 0.533. The van der Waals surface area contributed by atoms with Gasteiger partial charge in [0.05, 0.1) is 19.3 Å². The van der Waals surface area contributed by atoms with Crippen molar-refractivity contribution in [3.63, 3.8) is 0 Å². The lowest BCUT2D eigenvalue weighted by atomic mass is 10.0. The van der Waals surface area contributed by atoms with E-state index in [1.54, 1.807) is 6.07 Å². The van der Waals surface area contributed by atoms with Crippen LogP contribution in [0.1, 0.15) is 24.0 Å². The SMILES string of the molecule is NC(=S)c1cc(F)ccc1CN1CCC(OCCO)CC1. The minimum Gasteiger partial charge on any atom is -0.394 e. The molecule has 1 fully saturated rings. The molecule has 116 valence electrons. The van der Waals surface area contributed by atoms with Crippen molar-refractivity contribution in [2.45, 2.75) is 25.5 Å². The minimum absolute atomic E-state index is 0.0626. The Morgan fingerprint density at radius 3 is 2.76 bits per heavy atom. The van der Waals surface area contributed by atoms with Crippen LogP contribution in [0.5, 0.6) is 0 Å². The number of aliphatic hydroxyl groups is 1. The standard InChI is InChI=1S/C15H21FN2O2S/c16-12-2-1-11(14(9-12)15(17)21)10-18-5-3-13(4-6-18)20-8-7-19/h1-2,9,13,19H,3-8,10H2,(H2,17,21). The average molecular weight is 312 g/mol. The quantitative estimate of drug-likeness (QED) is 0.778. The van der Waals surface area contributed by atoms with Crippen LogP contribution in [0.15, 0.2) is 18.2 Å². The summed E-state index contributed by atoms with van der Waals surface area (Å²) in [5.41, 5.74) is 7.24. The summed E-state index contributed by atoms with van der Waals surface area (Å²) < 4.78 is 18.8. The van der Waals surface area contributed by atoms with E-state index in [-0.39, 0.29) is 23.5 Å². The molecule has 1 saturated heterocycles. The average Bonchev–Trinajstić information content (AvgIpc) is 2.48. The maximum Gasteiger partial charge on any atom is 0.123 e. The van der Waals surface area contributed by atoms with Gasteiger partial charge in [0.1, 0.15) is 10.8 Å². The van der Waals surface area contributed by atoms with E-state index in [1.165, 1.54) is 12.1 Å². The fourth-order valence-electron chi connectivity index (χ4n) is 2.61. The second-order valence-electron chi connectivity index (χ2n) is 5.24. The summed E-state index contributed by atoms with van der Waals surface area (Å²) in [5.74, 6) is -0.322. The summed E-state index contributed by atoms with van der Waals surface area (Å²) in [5, 5.41) is 8.76. The molecule has 0 amide bonds. The molecule has 6 heteroatoms. The van der Waals surface area contributed by atoms with Crippen LogP contribution in [0.2, 0.25) is 0 Å². The highest BCUT2D eigenvalue weighted by Gasteiger charge is 2.20. The summed E-state index contributed by atoms with van der Waals surface area (Å²) in [6, 6.07) is 4.58. The Hall–Kier alpha value is -1.08. The molecule has 1 heterocycles. The first-order valence-electron chi connectivity index (χ1n) is 7.13. The van der Waals surface area contributed by atoms with Crippen LogP contribution in [0.25, 0.3) is 0 Å². The highest BCUT2D eigenvalue weighted by molar-refractivity contribution is 7.80. The summed E-state index contributed by atoms with van der Waals surface area (Å²) in [7, 11) is 0. The number of thiocarbonyl (C=S) groups is 1. The molecule has 1 aromatic carbocycles. The lowest BCUT2D eigenvalue weighted by Gasteiger charge is -2.32. The molecule has 0 spiro atoms. The van der Waals surface area contributed by atoms with E-state index in [2.05, 4.69) is 4.90 Å². The van der Waals surface area contributed by atoms with Gasteiger partial charge in [0, 0.05) is 25.2 Å². The number of nitrogens with two attached hydrogens (primary N) is 1. The number of benzene rings is 1. The number of hydrogen-bond donors (Lipinski definition) is 2. The Labute approximate surface area is 129 Å². The molecular formula is C15H21FN2O2S. The number of aliphatic hydroxyl groups excluding tert-OH is 1. The van der Waals surface area contributed by atoms with Crippen molar-refractivity contribution in [2.75, 3.05) is 26.3 Å². The largest absolute Gasteiger partial charge is 0.394 e. The Morgan fingerprint density at radius 2 is 2.14 bits per heavy atom. The van der Waals surface area contributed by atoms with E-state index in [4.69, 9.17) is 27.8 Å². The van der Waals surface area contributed by atoms with Gasteiger partial charge in [-0.25, -0.2) is 4.39 Å². The number of hydrogen-bond acceptors (Lipinski definition) is 4. The monoisotopic (exact) mass is 312 g/mol. The molecule has 4 nitrogen and oxygen atoms in total. The van der Waals surface area contributed by atoms with Crippen LogP contribution in [-0.4, -0.2) is 47.4 Å². The van der Waals surface area contributed by atoms with Gasteiger partial charge >= 0.3 is 0 Å². The van der Waals surface area contributed by atoms with Crippen molar-refractivity contribution in [1.82, 2.24) is 4.90 Å².